The topological polar surface area (TPSA) is 92.4 Å². The molecule has 1 saturated carbocycles. The lowest BCUT2D eigenvalue weighted by atomic mass is 10.1. The minimum atomic E-state index is -0.264. The molecule has 2 aromatic rings. The number of piperidine rings is 1. The van der Waals surface area contributed by atoms with Gasteiger partial charge in [-0.2, -0.15) is 5.10 Å². The zero-order valence-corrected chi connectivity index (χ0v) is 14.6. The summed E-state index contributed by atoms with van der Waals surface area (Å²) < 4.78 is 7.02. The van der Waals surface area contributed by atoms with E-state index < -0.39 is 0 Å². The maximum absolute atomic E-state index is 12.4. The molecule has 8 heteroatoms. The highest BCUT2D eigenvalue weighted by molar-refractivity contribution is 5.92. The van der Waals surface area contributed by atoms with Crippen molar-refractivity contribution in [1.82, 2.24) is 20.0 Å². The van der Waals surface area contributed by atoms with Crippen LogP contribution < -0.4 is 10.6 Å². The Labute approximate surface area is 151 Å². The molecule has 138 valence electrons. The minimum Gasteiger partial charge on any atom is -0.459 e. The van der Waals surface area contributed by atoms with E-state index >= 15 is 0 Å². The van der Waals surface area contributed by atoms with Crippen LogP contribution in [-0.2, 0) is 6.54 Å². The normalized spacial score (nSPS) is 20.0. The summed E-state index contributed by atoms with van der Waals surface area (Å²) in [7, 11) is 0. The van der Waals surface area contributed by atoms with E-state index in [1.165, 1.54) is 19.1 Å². The number of carbonyl (C=O) groups is 2. The van der Waals surface area contributed by atoms with E-state index in [4.69, 9.17) is 4.42 Å². The van der Waals surface area contributed by atoms with Crippen LogP contribution in [0.3, 0.4) is 0 Å². The monoisotopic (exact) mass is 357 g/mol. The van der Waals surface area contributed by atoms with Gasteiger partial charge in [-0.25, -0.2) is 9.48 Å². The van der Waals surface area contributed by atoms with Crippen molar-refractivity contribution in [2.24, 2.45) is 5.92 Å². The highest BCUT2D eigenvalue weighted by Crippen LogP contribution is 2.31. The van der Waals surface area contributed by atoms with Gasteiger partial charge in [0, 0.05) is 31.7 Å². The van der Waals surface area contributed by atoms with Crippen LogP contribution in [0.1, 0.15) is 36.2 Å². The molecule has 26 heavy (non-hydrogen) atoms. The number of furan rings is 1. The number of hydrogen-bond donors (Lipinski definition) is 2. The molecule has 3 heterocycles. The highest BCUT2D eigenvalue weighted by Gasteiger charge is 2.27. The van der Waals surface area contributed by atoms with Gasteiger partial charge in [-0.1, -0.05) is 0 Å². The molecule has 3 amide bonds. The first-order chi connectivity index (χ1) is 12.7. The molecule has 0 unspecified atom stereocenters. The van der Waals surface area contributed by atoms with Crippen LogP contribution in [0.5, 0.6) is 0 Å². The van der Waals surface area contributed by atoms with Gasteiger partial charge < -0.3 is 14.6 Å². The van der Waals surface area contributed by atoms with Crippen molar-refractivity contribution in [3.63, 3.8) is 0 Å². The fourth-order valence-corrected chi connectivity index (χ4v) is 3.30. The molecule has 0 radical (unpaired) electrons. The largest absolute Gasteiger partial charge is 0.459 e. The quantitative estimate of drug-likeness (QED) is 0.859. The summed E-state index contributed by atoms with van der Waals surface area (Å²) in [5.74, 6) is 1.58. The molecule has 2 aliphatic rings. The Morgan fingerprint density at radius 3 is 2.92 bits per heavy atom. The van der Waals surface area contributed by atoms with Gasteiger partial charge >= 0.3 is 6.03 Å². The SMILES string of the molecule is O=C(Nc1ccnn1CC1CC1)N[C@@H]1CCCN(C(=O)c2ccco2)C1. The highest BCUT2D eigenvalue weighted by atomic mass is 16.3. The van der Waals surface area contributed by atoms with Crippen LogP contribution in [0.25, 0.3) is 0 Å². The van der Waals surface area contributed by atoms with E-state index in [2.05, 4.69) is 15.7 Å². The fraction of sp³-hybridized carbons (Fsp3) is 0.500. The number of amides is 3. The summed E-state index contributed by atoms with van der Waals surface area (Å²) in [5, 5.41) is 10.1. The molecule has 1 atom stereocenters. The van der Waals surface area contributed by atoms with Gasteiger partial charge in [0.25, 0.3) is 5.91 Å². The van der Waals surface area contributed by atoms with Crippen LogP contribution >= 0.6 is 0 Å². The van der Waals surface area contributed by atoms with Crippen molar-refractivity contribution in [2.75, 3.05) is 18.4 Å². The van der Waals surface area contributed by atoms with Crippen molar-refractivity contribution in [3.05, 3.63) is 36.4 Å². The zero-order valence-electron chi connectivity index (χ0n) is 14.6. The molecule has 0 bridgehead atoms. The number of likely N-dealkylation sites (tertiary alicyclic amines) is 1. The molecule has 8 nitrogen and oxygen atoms in total. The van der Waals surface area contributed by atoms with Crippen LogP contribution in [0.2, 0.25) is 0 Å². The summed E-state index contributed by atoms with van der Waals surface area (Å²) in [6.07, 6.45) is 7.33. The standard InChI is InChI=1S/C18H23N5O3/c24-17(15-4-2-10-26-15)22-9-1-3-14(12-22)20-18(25)21-16-7-8-19-23(16)11-13-5-6-13/h2,4,7-8,10,13-14H,1,3,5-6,9,11-12H2,(H2,20,21,25)/t14-/m1/s1. The number of nitrogens with zero attached hydrogens (tertiary/aromatic N) is 3. The average Bonchev–Trinajstić information content (AvgIpc) is 3.09. The van der Waals surface area contributed by atoms with Crippen LogP contribution in [0, 0.1) is 5.92 Å². The number of hydrogen-bond acceptors (Lipinski definition) is 4. The first-order valence-electron chi connectivity index (χ1n) is 9.11. The first kappa shape index (κ1) is 16.7. The predicted octanol–water partition coefficient (Wildman–Crippen LogP) is 2.31. The molecule has 0 aromatic carbocycles. The van der Waals surface area contributed by atoms with E-state index in [-0.39, 0.29) is 18.0 Å². The van der Waals surface area contributed by atoms with E-state index in [1.807, 2.05) is 4.68 Å². The Balaban J connectivity index is 1.31. The predicted molar refractivity (Wildman–Crippen MR) is 94.7 cm³/mol. The Hall–Kier alpha value is -2.77. The number of carbonyl (C=O) groups excluding carboxylic acids is 2. The summed E-state index contributed by atoms with van der Waals surface area (Å²) in [5.41, 5.74) is 0. The number of urea groups is 1. The molecule has 4 rings (SSSR count). The second kappa shape index (κ2) is 7.23. The third-order valence-electron chi connectivity index (χ3n) is 4.86. The van der Waals surface area contributed by atoms with E-state index in [0.29, 0.717) is 30.6 Å². The third-order valence-corrected chi connectivity index (χ3v) is 4.86. The van der Waals surface area contributed by atoms with Gasteiger partial charge in [0.15, 0.2) is 5.76 Å². The van der Waals surface area contributed by atoms with Crippen molar-refractivity contribution < 1.29 is 14.0 Å². The lowest BCUT2D eigenvalue weighted by Crippen LogP contribution is -2.50. The lowest BCUT2D eigenvalue weighted by Gasteiger charge is -2.32. The molecular formula is C18H23N5O3. The van der Waals surface area contributed by atoms with Gasteiger partial charge in [-0.05, 0) is 43.7 Å². The van der Waals surface area contributed by atoms with Gasteiger partial charge in [0.2, 0.25) is 0 Å². The Kier molecular flexibility index (Phi) is 4.64. The third kappa shape index (κ3) is 3.89. The smallest absolute Gasteiger partial charge is 0.320 e. The van der Waals surface area contributed by atoms with E-state index in [0.717, 1.165) is 19.4 Å². The number of aromatic nitrogens is 2. The molecule has 2 fully saturated rings. The molecule has 1 saturated heterocycles. The van der Waals surface area contributed by atoms with Crippen molar-refractivity contribution >= 4 is 17.8 Å². The molecule has 1 aliphatic heterocycles. The van der Waals surface area contributed by atoms with Crippen LogP contribution in [0.4, 0.5) is 10.6 Å². The Morgan fingerprint density at radius 2 is 2.15 bits per heavy atom. The average molecular weight is 357 g/mol. The van der Waals surface area contributed by atoms with E-state index in [1.54, 1.807) is 29.3 Å². The van der Waals surface area contributed by atoms with Gasteiger partial charge in [-0.15, -0.1) is 0 Å². The maximum atomic E-state index is 12.4. The molecule has 2 aromatic heterocycles. The molecule has 2 N–H and O–H groups in total. The molecule has 1 aliphatic carbocycles. The fourth-order valence-electron chi connectivity index (χ4n) is 3.30. The van der Waals surface area contributed by atoms with Crippen molar-refractivity contribution in [3.8, 4) is 0 Å². The van der Waals surface area contributed by atoms with Crippen LogP contribution in [-0.4, -0.2) is 45.8 Å². The summed E-state index contributed by atoms with van der Waals surface area (Å²) >= 11 is 0. The number of rotatable bonds is 5. The Morgan fingerprint density at radius 1 is 1.27 bits per heavy atom. The zero-order chi connectivity index (χ0) is 17.9. The second-order valence-corrected chi connectivity index (χ2v) is 7.01. The first-order valence-corrected chi connectivity index (χ1v) is 9.11. The Bertz CT molecular complexity index is 766. The maximum Gasteiger partial charge on any atom is 0.320 e. The second-order valence-electron chi connectivity index (χ2n) is 7.01. The summed E-state index contributed by atoms with van der Waals surface area (Å²) in [6.45, 7) is 2.00. The van der Waals surface area contributed by atoms with Crippen molar-refractivity contribution in [1.29, 1.82) is 0 Å². The van der Waals surface area contributed by atoms with Gasteiger partial charge in [-0.3, -0.25) is 10.1 Å². The number of anilines is 1. The summed E-state index contributed by atoms with van der Waals surface area (Å²) in [4.78, 5) is 26.5. The molecule has 0 spiro atoms. The van der Waals surface area contributed by atoms with Crippen molar-refractivity contribution in [2.45, 2.75) is 38.3 Å². The summed E-state index contributed by atoms with van der Waals surface area (Å²) in [6, 6.07) is 4.82. The molecular weight excluding hydrogens is 334 g/mol. The van der Waals surface area contributed by atoms with Crippen LogP contribution in [0.15, 0.2) is 35.1 Å². The van der Waals surface area contributed by atoms with E-state index in [9.17, 15) is 9.59 Å². The number of nitrogens with one attached hydrogen (secondary N) is 2. The van der Waals surface area contributed by atoms with Gasteiger partial charge in [0.05, 0.1) is 12.5 Å². The lowest BCUT2D eigenvalue weighted by molar-refractivity contribution is 0.0666. The van der Waals surface area contributed by atoms with Gasteiger partial charge in [0.1, 0.15) is 5.82 Å². The minimum absolute atomic E-state index is 0.0811.